The molecule has 2 atom stereocenters. The molecule has 2 aliphatic rings. The summed E-state index contributed by atoms with van der Waals surface area (Å²) in [7, 11) is 2.14. The van der Waals surface area contributed by atoms with Crippen LogP contribution >= 0.6 is 0 Å². The van der Waals surface area contributed by atoms with E-state index in [1.165, 1.54) is 6.42 Å². The zero-order valence-electron chi connectivity index (χ0n) is 10.3. The van der Waals surface area contributed by atoms with Gasteiger partial charge in [-0.3, -0.25) is 9.59 Å². The van der Waals surface area contributed by atoms with Crippen molar-refractivity contribution < 1.29 is 14.7 Å². The molecular weight excluding hydrogens is 220 g/mol. The van der Waals surface area contributed by atoms with E-state index in [-0.39, 0.29) is 12.3 Å². The van der Waals surface area contributed by atoms with Crippen LogP contribution < -0.4 is 0 Å². The van der Waals surface area contributed by atoms with Crippen LogP contribution in [0.25, 0.3) is 0 Å². The van der Waals surface area contributed by atoms with Gasteiger partial charge in [0.05, 0.1) is 0 Å². The number of carbonyl (C=O) groups excluding carboxylic acids is 1. The summed E-state index contributed by atoms with van der Waals surface area (Å²) in [4.78, 5) is 26.3. The molecule has 2 saturated heterocycles. The summed E-state index contributed by atoms with van der Waals surface area (Å²) in [5.74, 6) is -0.734. The van der Waals surface area contributed by atoms with Crippen molar-refractivity contribution in [3.05, 3.63) is 0 Å². The number of carbonyl (C=O) groups is 2. The number of aliphatic carboxylic acids is 1. The number of carboxylic acids is 1. The smallest absolute Gasteiger partial charge is 0.312 e. The van der Waals surface area contributed by atoms with Crippen LogP contribution in [-0.4, -0.2) is 59.5 Å². The Labute approximate surface area is 101 Å². The number of carboxylic acid groups (broad SMARTS) is 1. The lowest BCUT2D eigenvalue weighted by Crippen LogP contribution is -2.54. The number of hydrogen-bond donors (Lipinski definition) is 1. The van der Waals surface area contributed by atoms with Crippen molar-refractivity contribution in [3.8, 4) is 0 Å². The van der Waals surface area contributed by atoms with E-state index < -0.39 is 5.97 Å². The molecule has 2 unspecified atom stereocenters. The van der Waals surface area contributed by atoms with Crippen LogP contribution in [0.15, 0.2) is 0 Å². The molecule has 0 bridgehead atoms. The zero-order valence-corrected chi connectivity index (χ0v) is 10.3. The molecule has 2 rings (SSSR count). The van der Waals surface area contributed by atoms with E-state index in [2.05, 4.69) is 11.9 Å². The number of rotatable bonds is 2. The fraction of sp³-hybridized carbons (Fsp3) is 0.833. The van der Waals surface area contributed by atoms with E-state index in [1.807, 2.05) is 0 Å². The van der Waals surface area contributed by atoms with Gasteiger partial charge in [0.15, 0.2) is 0 Å². The van der Waals surface area contributed by atoms with Crippen LogP contribution in [0.4, 0.5) is 0 Å². The maximum Gasteiger partial charge on any atom is 0.312 e. The Morgan fingerprint density at radius 2 is 2.06 bits per heavy atom. The molecule has 17 heavy (non-hydrogen) atoms. The van der Waals surface area contributed by atoms with Gasteiger partial charge in [0, 0.05) is 19.1 Å². The third-order valence-corrected chi connectivity index (χ3v) is 4.00. The first-order valence-corrected chi connectivity index (χ1v) is 6.27. The van der Waals surface area contributed by atoms with Crippen molar-refractivity contribution in [3.63, 3.8) is 0 Å². The Hall–Kier alpha value is -1.10. The molecule has 0 aromatic rings. The maximum absolute atomic E-state index is 11.7. The lowest BCUT2D eigenvalue weighted by molar-refractivity contribution is -0.145. The van der Waals surface area contributed by atoms with Crippen molar-refractivity contribution in [1.82, 2.24) is 9.80 Å². The summed E-state index contributed by atoms with van der Waals surface area (Å²) in [5, 5.41) is 8.63. The van der Waals surface area contributed by atoms with Crippen LogP contribution in [0.1, 0.15) is 25.7 Å². The first-order chi connectivity index (χ1) is 8.08. The molecule has 0 saturated carbocycles. The second kappa shape index (κ2) is 5.04. The Kier molecular flexibility index (Phi) is 3.66. The second-order valence-electron chi connectivity index (χ2n) is 5.15. The van der Waals surface area contributed by atoms with Crippen LogP contribution in [0.5, 0.6) is 0 Å². The predicted octanol–water partition coefficient (Wildman–Crippen LogP) is 0.404. The van der Waals surface area contributed by atoms with Crippen molar-refractivity contribution in [2.45, 2.75) is 31.7 Å². The Morgan fingerprint density at radius 1 is 1.29 bits per heavy atom. The Bertz CT molecular complexity index is 319. The predicted molar refractivity (Wildman–Crippen MR) is 62.6 cm³/mol. The van der Waals surface area contributed by atoms with Crippen molar-refractivity contribution in [1.29, 1.82) is 0 Å². The van der Waals surface area contributed by atoms with Crippen molar-refractivity contribution >= 4 is 11.9 Å². The van der Waals surface area contributed by atoms with Gasteiger partial charge in [-0.2, -0.15) is 0 Å². The molecule has 2 aliphatic heterocycles. The minimum Gasteiger partial charge on any atom is -0.481 e. The van der Waals surface area contributed by atoms with Gasteiger partial charge >= 0.3 is 5.97 Å². The summed E-state index contributed by atoms with van der Waals surface area (Å²) >= 11 is 0. The van der Waals surface area contributed by atoms with Crippen LogP contribution in [0, 0.1) is 5.92 Å². The average Bonchev–Trinajstić information content (AvgIpc) is 2.28. The highest BCUT2D eigenvalue weighted by molar-refractivity contribution is 5.93. The lowest BCUT2D eigenvalue weighted by Gasteiger charge is -2.45. The van der Waals surface area contributed by atoms with Crippen LogP contribution in [0.3, 0.4) is 0 Å². The monoisotopic (exact) mass is 240 g/mol. The number of likely N-dealkylation sites (tertiary alicyclic amines) is 2. The quantitative estimate of drug-likeness (QED) is 0.710. The van der Waals surface area contributed by atoms with E-state index in [4.69, 9.17) is 5.11 Å². The fourth-order valence-corrected chi connectivity index (χ4v) is 3.12. The van der Waals surface area contributed by atoms with Gasteiger partial charge in [-0.15, -0.1) is 0 Å². The molecule has 96 valence electrons. The second-order valence-corrected chi connectivity index (χ2v) is 5.15. The molecule has 0 aliphatic carbocycles. The third kappa shape index (κ3) is 2.77. The molecule has 0 aromatic carbocycles. The Morgan fingerprint density at radius 3 is 2.76 bits per heavy atom. The molecule has 0 spiro atoms. The molecule has 0 aromatic heterocycles. The van der Waals surface area contributed by atoms with Gasteiger partial charge < -0.3 is 14.9 Å². The van der Waals surface area contributed by atoms with E-state index >= 15 is 0 Å². The van der Waals surface area contributed by atoms with E-state index in [1.54, 1.807) is 4.90 Å². The van der Waals surface area contributed by atoms with Gasteiger partial charge in [-0.1, -0.05) is 0 Å². The first-order valence-electron chi connectivity index (χ1n) is 6.27. The normalized spacial score (nSPS) is 29.8. The van der Waals surface area contributed by atoms with Crippen LogP contribution in [0.2, 0.25) is 0 Å². The maximum atomic E-state index is 11.7. The molecule has 0 radical (unpaired) electrons. The summed E-state index contributed by atoms with van der Waals surface area (Å²) in [6.45, 7) is 2.59. The molecule has 1 amide bonds. The van der Waals surface area contributed by atoms with Gasteiger partial charge in [0.1, 0.15) is 6.42 Å². The Balaban J connectivity index is 1.93. The number of amides is 1. The third-order valence-electron chi connectivity index (χ3n) is 4.00. The fourth-order valence-electron chi connectivity index (χ4n) is 3.12. The SMILES string of the molecule is CN1CCCC2CN(C(=O)CC(=O)O)CCC21. The molecular formula is C12H20N2O3. The van der Waals surface area contributed by atoms with Crippen molar-refractivity contribution in [2.75, 3.05) is 26.7 Å². The van der Waals surface area contributed by atoms with Gasteiger partial charge in [0.2, 0.25) is 5.91 Å². The van der Waals surface area contributed by atoms with Gasteiger partial charge in [-0.05, 0) is 38.8 Å². The van der Waals surface area contributed by atoms with Gasteiger partial charge in [0.25, 0.3) is 0 Å². The topological polar surface area (TPSA) is 60.9 Å². The highest BCUT2D eigenvalue weighted by atomic mass is 16.4. The van der Waals surface area contributed by atoms with E-state index in [9.17, 15) is 9.59 Å². The van der Waals surface area contributed by atoms with Crippen LogP contribution in [-0.2, 0) is 9.59 Å². The average molecular weight is 240 g/mol. The molecule has 5 heteroatoms. The largest absolute Gasteiger partial charge is 0.481 e. The minimum atomic E-state index is -1.03. The minimum absolute atomic E-state index is 0.232. The van der Waals surface area contributed by atoms with Gasteiger partial charge in [-0.25, -0.2) is 0 Å². The lowest BCUT2D eigenvalue weighted by atomic mass is 9.84. The van der Waals surface area contributed by atoms with E-state index in [0.29, 0.717) is 18.5 Å². The van der Waals surface area contributed by atoms with E-state index in [0.717, 1.165) is 25.9 Å². The number of hydrogen-bond acceptors (Lipinski definition) is 3. The summed E-state index contributed by atoms with van der Waals surface area (Å²) in [6.07, 6.45) is 2.95. The molecule has 5 nitrogen and oxygen atoms in total. The zero-order chi connectivity index (χ0) is 12.4. The summed E-state index contributed by atoms with van der Waals surface area (Å²) in [6, 6.07) is 0.581. The standard InChI is InChI=1S/C12H20N2O3/c1-13-5-2-3-9-8-14(6-4-10(9)13)11(15)7-12(16)17/h9-10H,2-8H2,1H3,(H,16,17). The summed E-state index contributed by atoms with van der Waals surface area (Å²) in [5.41, 5.74) is 0. The highest BCUT2D eigenvalue weighted by Gasteiger charge is 2.35. The molecule has 2 fully saturated rings. The first kappa shape index (κ1) is 12.4. The molecule has 2 heterocycles. The summed E-state index contributed by atoms with van der Waals surface area (Å²) < 4.78 is 0. The highest BCUT2D eigenvalue weighted by Crippen LogP contribution is 2.29. The molecule has 1 N–H and O–H groups in total. The number of piperidine rings is 2. The number of fused-ring (bicyclic) bond motifs is 1. The van der Waals surface area contributed by atoms with Crippen molar-refractivity contribution in [2.24, 2.45) is 5.92 Å². The number of nitrogens with zero attached hydrogens (tertiary/aromatic N) is 2.